The van der Waals surface area contributed by atoms with E-state index in [1.807, 2.05) is 0 Å². The minimum absolute atomic E-state index is 0.0642. The number of fused-ring (bicyclic) bond motifs is 1. The number of nitrogens with zero attached hydrogens (tertiary/aromatic N) is 2. The predicted molar refractivity (Wildman–Crippen MR) is 140 cm³/mol. The first-order valence-electron chi connectivity index (χ1n) is 12.0. The Morgan fingerprint density at radius 1 is 0.706 bits per heavy atom. The summed E-state index contributed by atoms with van der Waals surface area (Å²) in [5.74, 6) is 2.14. The zero-order valence-electron chi connectivity index (χ0n) is 19.8. The van der Waals surface area contributed by atoms with Gasteiger partial charge in [0.15, 0.2) is 0 Å². The Bertz CT molecular complexity index is 1310. The largest absolute Gasteiger partial charge is 0.493 e. The highest BCUT2D eigenvalue weighted by molar-refractivity contribution is 5.76. The van der Waals surface area contributed by atoms with Gasteiger partial charge in [-0.25, -0.2) is 4.98 Å². The Kier molecular flexibility index (Phi) is 6.44. The van der Waals surface area contributed by atoms with E-state index < -0.39 is 0 Å². The number of hydrogen-bond acceptors (Lipinski definition) is 2. The Labute approximate surface area is 201 Å². The molecule has 0 N–H and O–H groups in total. The second kappa shape index (κ2) is 9.96. The predicted octanol–water partition coefficient (Wildman–Crippen LogP) is 7.30. The van der Waals surface area contributed by atoms with Gasteiger partial charge < -0.3 is 9.30 Å². The van der Waals surface area contributed by atoms with Gasteiger partial charge in [-0.2, -0.15) is 0 Å². The zero-order valence-corrected chi connectivity index (χ0v) is 19.8. The van der Waals surface area contributed by atoms with Gasteiger partial charge in [-0.3, -0.25) is 0 Å². The third-order valence-electron chi connectivity index (χ3n) is 6.39. The number of imidazole rings is 1. The van der Waals surface area contributed by atoms with Gasteiger partial charge in [0.25, 0.3) is 0 Å². The average Bonchev–Trinajstić information content (AvgIpc) is 3.23. The molecule has 0 aliphatic carbocycles. The first-order valence-corrected chi connectivity index (χ1v) is 12.0. The van der Waals surface area contributed by atoms with Crippen molar-refractivity contribution in [2.75, 3.05) is 6.61 Å². The van der Waals surface area contributed by atoms with Gasteiger partial charge in [0.05, 0.1) is 23.6 Å². The van der Waals surface area contributed by atoms with E-state index in [9.17, 15) is 0 Å². The molecular weight excluding hydrogens is 416 g/mol. The number of rotatable bonds is 8. The van der Waals surface area contributed by atoms with Crippen LogP contribution in [0.1, 0.15) is 40.4 Å². The molecule has 0 spiro atoms. The van der Waals surface area contributed by atoms with Crippen LogP contribution in [0.25, 0.3) is 11.0 Å². The van der Waals surface area contributed by atoms with Crippen LogP contribution in [0, 0.1) is 13.8 Å². The van der Waals surface area contributed by atoms with Crippen LogP contribution in [-0.4, -0.2) is 16.2 Å². The highest BCUT2D eigenvalue weighted by atomic mass is 16.5. The molecule has 3 nitrogen and oxygen atoms in total. The Hall–Kier alpha value is -3.85. The quantitative estimate of drug-likeness (QED) is 0.234. The summed E-state index contributed by atoms with van der Waals surface area (Å²) in [6, 6.07) is 36.1. The van der Waals surface area contributed by atoms with Crippen molar-refractivity contribution in [3.8, 4) is 5.75 Å². The van der Waals surface area contributed by atoms with Gasteiger partial charge in [-0.05, 0) is 54.7 Å². The Morgan fingerprint density at radius 2 is 1.29 bits per heavy atom. The lowest BCUT2D eigenvalue weighted by atomic mass is 9.90. The van der Waals surface area contributed by atoms with Gasteiger partial charge in [0.2, 0.25) is 0 Å². The lowest BCUT2D eigenvalue weighted by molar-refractivity contribution is 0.298. The maximum atomic E-state index is 6.21. The van der Waals surface area contributed by atoms with Crippen molar-refractivity contribution in [2.45, 2.75) is 32.7 Å². The number of benzene rings is 4. The van der Waals surface area contributed by atoms with Crippen LogP contribution in [0.5, 0.6) is 5.75 Å². The highest BCUT2D eigenvalue weighted by Gasteiger charge is 2.23. The molecule has 170 valence electrons. The summed E-state index contributed by atoms with van der Waals surface area (Å²) in [6.07, 6.45) is 0.900. The van der Waals surface area contributed by atoms with Crippen LogP contribution >= 0.6 is 0 Å². The third-order valence-corrected chi connectivity index (χ3v) is 6.39. The van der Waals surface area contributed by atoms with Crippen molar-refractivity contribution in [1.82, 2.24) is 9.55 Å². The molecule has 0 unspecified atom stereocenters. The summed E-state index contributed by atoms with van der Waals surface area (Å²) in [5.41, 5.74) is 7.06. The lowest BCUT2D eigenvalue weighted by Crippen LogP contribution is -2.14. The Morgan fingerprint density at radius 3 is 1.94 bits per heavy atom. The topological polar surface area (TPSA) is 27.1 Å². The molecule has 0 fully saturated rings. The van der Waals surface area contributed by atoms with E-state index >= 15 is 0 Å². The van der Waals surface area contributed by atoms with Crippen molar-refractivity contribution in [3.63, 3.8) is 0 Å². The fraction of sp³-hybridized carbons (Fsp3) is 0.194. The molecule has 1 heterocycles. The molecular formula is C31H30N2O. The van der Waals surface area contributed by atoms with Crippen molar-refractivity contribution in [1.29, 1.82) is 0 Å². The van der Waals surface area contributed by atoms with Crippen molar-refractivity contribution < 1.29 is 4.74 Å². The molecule has 3 heteroatoms. The summed E-state index contributed by atoms with van der Waals surface area (Å²) in [6.45, 7) is 5.72. The van der Waals surface area contributed by atoms with Gasteiger partial charge in [0.1, 0.15) is 11.6 Å². The molecule has 0 amide bonds. The van der Waals surface area contributed by atoms with Gasteiger partial charge in [0, 0.05) is 6.54 Å². The number of hydrogen-bond donors (Lipinski definition) is 0. The highest BCUT2D eigenvalue weighted by Crippen LogP contribution is 2.33. The van der Waals surface area contributed by atoms with Crippen LogP contribution in [0.3, 0.4) is 0 Å². The molecule has 0 aliphatic rings. The minimum atomic E-state index is 0.0642. The van der Waals surface area contributed by atoms with Crippen LogP contribution in [-0.2, 0) is 6.54 Å². The standard InChI is InChI=1S/C31H30N2O/c1-23-13-11-14-24(2)30(23)34-22-12-21-33-28-20-10-9-19-27(28)32-31(33)29(25-15-5-3-6-16-25)26-17-7-4-8-18-26/h3-11,13-20,29H,12,21-22H2,1-2H3. The number of aromatic nitrogens is 2. The molecule has 0 atom stereocenters. The maximum absolute atomic E-state index is 6.21. The molecule has 0 saturated heterocycles. The summed E-state index contributed by atoms with van der Waals surface area (Å²) in [4.78, 5) is 5.15. The number of ether oxygens (including phenoxy) is 1. The Balaban J connectivity index is 1.49. The molecule has 5 rings (SSSR count). The summed E-state index contributed by atoms with van der Waals surface area (Å²) >= 11 is 0. The second-order valence-corrected chi connectivity index (χ2v) is 8.79. The first-order chi connectivity index (χ1) is 16.7. The van der Waals surface area contributed by atoms with E-state index in [1.165, 1.54) is 27.8 Å². The van der Waals surface area contributed by atoms with E-state index in [2.05, 4.69) is 122 Å². The normalized spacial score (nSPS) is 11.3. The summed E-state index contributed by atoms with van der Waals surface area (Å²) in [5, 5.41) is 0. The van der Waals surface area contributed by atoms with Crippen LogP contribution < -0.4 is 4.74 Å². The molecule has 0 bridgehead atoms. The lowest BCUT2D eigenvalue weighted by Gasteiger charge is -2.20. The third kappa shape index (κ3) is 4.47. The SMILES string of the molecule is Cc1cccc(C)c1OCCCn1c(C(c2ccccc2)c2ccccc2)nc2ccccc21. The zero-order chi connectivity index (χ0) is 23.3. The van der Waals surface area contributed by atoms with Gasteiger partial charge in [-0.15, -0.1) is 0 Å². The second-order valence-electron chi connectivity index (χ2n) is 8.79. The minimum Gasteiger partial charge on any atom is -0.493 e. The van der Waals surface area contributed by atoms with Gasteiger partial charge >= 0.3 is 0 Å². The van der Waals surface area contributed by atoms with Gasteiger partial charge in [-0.1, -0.05) is 91.0 Å². The molecule has 0 saturated carbocycles. The van der Waals surface area contributed by atoms with E-state index in [0.717, 1.165) is 30.1 Å². The van der Waals surface area contributed by atoms with E-state index in [1.54, 1.807) is 0 Å². The molecule has 4 aromatic carbocycles. The van der Waals surface area contributed by atoms with Crippen molar-refractivity contribution in [3.05, 3.63) is 131 Å². The summed E-state index contributed by atoms with van der Waals surface area (Å²) < 4.78 is 8.60. The van der Waals surface area contributed by atoms with E-state index in [-0.39, 0.29) is 5.92 Å². The number of aryl methyl sites for hydroxylation is 3. The fourth-order valence-electron chi connectivity index (χ4n) is 4.75. The fourth-order valence-corrected chi connectivity index (χ4v) is 4.75. The van der Waals surface area contributed by atoms with Crippen LogP contribution in [0.15, 0.2) is 103 Å². The molecule has 34 heavy (non-hydrogen) atoms. The summed E-state index contributed by atoms with van der Waals surface area (Å²) in [7, 11) is 0. The maximum Gasteiger partial charge on any atom is 0.125 e. The van der Waals surface area contributed by atoms with Crippen molar-refractivity contribution >= 4 is 11.0 Å². The number of para-hydroxylation sites is 3. The average molecular weight is 447 g/mol. The van der Waals surface area contributed by atoms with E-state index in [0.29, 0.717) is 6.61 Å². The monoisotopic (exact) mass is 446 g/mol. The first kappa shape index (κ1) is 22.0. The van der Waals surface area contributed by atoms with Crippen LogP contribution in [0.4, 0.5) is 0 Å². The van der Waals surface area contributed by atoms with Crippen molar-refractivity contribution in [2.24, 2.45) is 0 Å². The molecule has 1 aromatic heterocycles. The molecule has 0 aliphatic heterocycles. The van der Waals surface area contributed by atoms with E-state index in [4.69, 9.17) is 9.72 Å². The van der Waals surface area contributed by atoms with Crippen LogP contribution in [0.2, 0.25) is 0 Å². The smallest absolute Gasteiger partial charge is 0.125 e. The molecule has 0 radical (unpaired) electrons. The molecule has 5 aromatic rings.